The van der Waals surface area contributed by atoms with Gasteiger partial charge in [-0.05, 0) is 56.0 Å². The van der Waals surface area contributed by atoms with Gasteiger partial charge >= 0.3 is 7.60 Å². The number of hydrogen-bond acceptors (Lipinski definition) is 1. The van der Waals surface area contributed by atoms with Gasteiger partial charge in [0.05, 0.1) is 6.16 Å². The second-order valence-corrected chi connectivity index (χ2v) is 17.6. The largest absolute Gasteiger partial charge is 0.326 e. The summed E-state index contributed by atoms with van der Waals surface area (Å²) in [6, 6.07) is 13.3. The molecular weight excluding hydrogens is 523 g/mol. The Morgan fingerprint density at radius 2 is 1.15 bits per heavy atom. The van der Waals surface area contributed by atoms with Crippen molar-refractivity contribution < 1.29 is 14.4 Å². The van der Waals surface area contributed by atoms with Crippen molar-refractivity contribution in [3.63, 3.8) is 0 Å². The standard InChI is InChI=1S/C37H59O3P/c1-14-16-17-18-23-37(26-41(38,39)40,29-21-19-27(33(3,4)5)24-31(29)34(6,7)8)30-22-20-28(36(12,13)15-2)25-32(30)35(9,10)11/h15,19-22,24-25H,2,14,16-18,23,26H2,1,3-13H3,(H2,38,39,40). The molecule has 0 bridgehead atoms. The first-order valence-electron chi connectivity index (χ1n) is 15.5. The lowest BCUT2D eigenvalue weighted by atomic mass is 9.63. The molecule has 41 heavy (non-hydrogen) atoms. The van der Waals surface area contributed by atoms with E-state index in [0.717, 1.165) is 47.9 Å². The zero-order valence-electron chi connectivity index (χ0n) is 28.2. The van der Waals surface area contributed by atoms with Crippen LogP contribution in [0.5, 0.6) is 0 Å². The number of benzene rings is 2. The zero-order valence-corrected chi connectivity index (χ0v) is 29.1. The fraction of sp³-hybridized carbons (Fsp3) is 0.622. The van der Waals surface area contributed by atoms with E-state index in [1.807, 2.05) is 6.08 Å². The summed E-state index contributed by atoms with van der Waals surface area (Å²) >= 11 is 0. The lowest BCUT2D eigenvalue weighted by Crippen LogP contribution is -2.38. The van der Waals surface area contributed by atoms with Crippen LogP contribution in [-0.2, 0) is 31.6 Å². The van der Waals surface area contributed by atoms with Gasteiger partial charge in [-0.1, -0.05) is 151 Å². The molecule has 0 saturated heterocycles. The molecule has 1 unspecified atom stereocenters. The van der Waals surface area contributed by atoms with Crippen LogP contribution >= 0.6 is 7.60 Å². The van der Waals surface area contributed by atoms with Crippen LogP contribution in [-0.4, -0.2) is 15.9 Å². The average molecular weight is 583 g/mol. The van der Waals surface area contributed by atoms with Gasteiger partial charge in [0.2, 0.25) is 0 Å². The molecule has 1 atom stereocenters. The molecule has 0 aliphatic carbocycles. The Morgan fingerprint density at radius 3 is 1.54 bits per heavy atom. The van der Waals surface area contributed by atoms with Crippen molar-refractivity contribution in [3.8, 4) is 0 Å². The summed E-state index contributed by atoms with van der Waals surface area (Å²) in [5.41, 5.74) is 5.26. The molecule has 230 valence electrons. The maximum atomic E-state index is 13.2. The molecule has 0 aliphatic heterocycles. The first kappa shape index (κ1) is 35.5. The van der Waals surface area contributed by atoms with Gasteiger partial charge in [0.1, 0.15) is 0 Å². The van der Waals surface area contributed by atoms with E-state index in [1.54, 1.807) is 0 Å². The molecule has 2 aromatic rings. The number of rotatable bonds is 11. The number of allylic oxidation sites excluding steroid dienone is 1. The molecule has 0 aliphatic rings. The maximum absolute atomic E-state index is 13.2. The van der Waals surface area contributed by atoms with Crippen molar-refractivity contribution in [3.05, 3.63) is 82.4 Å². The quantitative estimate of drug-likeness (QED) is 0.157. The van der Waals surface area contributed by atoms with Crippen LogP contribution in [0, 0.1) is 0 Å². The summed E-state index contributed by atoms with van der Waals surface area (Å²) < 4.78 is 13.2. The third kappa shape index (κ3) is 8.68. The Labute approximate surface area is 252 Å². The fourth-order valence-electron chi connectivity index (χ4n) is 6.02. The normalized spacial score (nSPS) is 15.1. The lowest BCUT2D eigenvalue weighted by Gasteiger charge is -2.43. The molecule has 2 N–H and O–H groups in total. The lowest BCUT2D eigenvalue weighted by molar-refractivity contribution is 0.349. The first-order valence-corrected chi connectivity index (χ1v) is 17.3. The highest BCUT2D eigenvalue weighted by Gasteiger charge is 2.45. The number of hydrogen-bond donors (Lipinski definition) is 2. The molecule has 0 saturated carbocycles. The molecular formula is C37H59O3P. The Morgan fingerprint density at radius 1 is 0.683 bits per heavy atom. The van der Waals surface area contributed by atoms with Crippen molar-refractivity contribution in [1.29, 1.82) is 0 Å². The van der Waals surface area contributed by atoms with Crippen molar-refractivity contribution >= 4 is 7.60 Å². The van der Waals surface area contributed by atoms with Gasteiger partial charge < -0.3 is 9.79 Å². The molecule has 4 heteroatoms. The molecule has 2 aromatic carbocycles. The van der Waals surface area contributed by atoms with Gasteiger partial charge in [-0.3, -0.25) is 4.57 Å². The summed E-state index contributed by atoms with van der Waals surface area (Å²) in [6.07, 6.45) is 6.61. The monoisotopic (exact) mass is 582 g/mol. The van der Waals surface area contributed by atoms with Crippen molar-refractivity contribution in [2.24, 2.45) is 0 Å². The first-order chi connectivity index (χ1) is 18.5. The van der Waals surface area contributed by atoms with Crippen LogP contribution in [0.15, 0.2) is 49.1 Å². The predicted molar refractivity (Wildman–Crippen MR) is 179 cm³/mol. The smallest absolute Gasteiger partial charge is 0.324 e. The second-order valence-electron chi connectivity index (χ2n) is 15.9. The third-order valence-corrected chi connectivity index (χ3v) is 9.69. The van der Waals surface area contributed by atoms with E-state index in [1.165, 1.54) is 11.1 Å². The Balaban J connectivity index is 3.17. The summed E-state index contributed by atoms with van der Waals surface area (Å²) in [7, 11) is -4.43. The van der Waals surface area contributed by atoms with E-state index in [9.17, 15) is 14.4 Å². The second kappa shape index (κ2) is 12.5. The minimum atomic E-state index is -4.43. The molecule has 0 aromatic heterocycles. The van der Waals surface area contributed by atoms with Gasteiger partial charge in [-0.15, -0.1) is 6.58 Å². The highest BCUT2D eigenvalue weighted by Crippen LogP contribution is 2.54. The van der Waals surface area contributed by atoms with Crippen molar-refractivity contribution in [1.82, 2.24) is 0 Å². The minimum Gasteiger partial charge on any atom is -0.324 e. The predicted octanol–water partition coefficient (Wildman–Crippen LogP) is 10.5. The van der Waals surface area contributed by atoms with Crippen LogP contribution in [0.2, 0.25) is 0 Å². The van der Waals surface area contributed by atoms with E-state index in [-0.39, 0.29) is 27.8 Å². The molecule has 3 nitrogen and oxygen atoms in total. The Hall–Kier alpha value is -1.67. The van der Waals surface area contributed by atoms with Crippen molar-refractivity contribution in [2.45, 2.75) is 142 Å². The van der Waals surface area contributed by atoms with E-state index in [2.05, 4.69) is 126 Å². The summed E-state index contributed by atoms with van der Waals surface area (Å²) in [4.78, 5) is 21.5. The van der Waals surface area contributed by atoms with Gasteiger partial charge in [-0.25, -0.2) is 0 Å². The summed E-state index contributed by atoms with van der Waals surface area (Å²) in [6.45, 7) is 30.6. The average Bonchev–Trinajstić information content (AvgIpc) is 2.83. The van der Waals surface area contributed by atoms with Crippen LogP contribution < -0.4 is 0 Å². The zero-order chi connectivity index (χ0) is 31.7. The molecule has 0 radical (unpaired) electrons. The molecule has 2 rings (SSSR count). The summed E-state index contributed by atoms with van der Waals surface area (Å²) in [5, 5.41) is 0. The van der Waals surface area contributed by atoms with E-state index < -0.39 is 13.0 Å². The minimum absolute atomic E-state index is 0.0416. The van der Waals surface area contributed by atoms with E-state index in [4.69, 9.17) is 0 Å². The van der Waals surface area contributed by atoms with Crippen molar-refractivity contribution in [2.75, 3.05) is 6.16 Å². The molecule has 0 fully saturated rings. The highest BCUT2D eigenvalue weighted by atomic mass is 31.2. The Kier molecular flexibility index (Phi) is 10.8. The molecule has 0 heterocycles. The highest BCUT2D eigenvalue weighted by molar-refractivity contribution is 7.51. The van der Waals surface area contributed by atoms with Gasteiger partial charge in [0.15, 0.2) is 0 Å². The molecule has 0 spiro atoms. The molecule has 0 amide bonds. The van der Waals surface area contributed by atoms with Crippen LogP contribution in [0.3, 0.4) is 0 Å². The van der Waals surface area contributed by atoms with Crippen LogP contribution in [0.1, 0.15) is 149 Å². The van der Waals surface area contributed by atoms with Gasteiger partial charge in [-0.2, -0.15) is 0 Å². The van der Waals surface area contributed by atoms with Crippen LogP contribution in [0.4, 0.5) is 0 Å². The van der Waals surface area contributed by atoms with Crippen LogP contribution in [0.25, 0.3) is 0 Å². The number of unbranched alkanes of at least 4 members (excludes halogenated alkanes) is 3. The maximum Gasteiger partial charge on any atom is 0.326 e. The Bertz CT molecular complexity index is 1240. The SMILES string of the molecule is C=CC(C)(C)c1ccc(C(CCCCCC)(CP(=O)(O)O)c2ccc(C(C)(C)C)cc2C(C)(C)C)c(C(C)(C)C)c1. The van der Waals surface area contributed by atoms with E-state index >= 15 is 0 Å². The van der Waals surface area contributed by atoms with Gasteiger partial charge in [0, 0.05) is 10.8 Å². The fourth-order valence-corrected chi connectivity index (χ4v) is 7.22. The third-order valence-electron chi connectivity index (χ3n) is 8.74. The van der Waals surface area contributed by atoms with E-state index in [0.29, 0.717) is 6.42 Å². The summed E-state index contributed by atoms with van der Waals surface area (Å²) in [5.74, 6) is 0. The topological polar surface area (TPSA) is 57.5 Å². The van der Waals surface area contributed by atoms with Gasteiger partial charge in [0.25, 0.3) is 0 Å².